The molecule has 4 heteroatoms. The predicted molar refractivity (Wildman–Crippen MR) is 85.6 cm³/mol. The van der Waals surface area contributed by atoms with Crippen molar-refractivity contribution in [3.63, 3.8) is 0 Å². The van der Waals surface area contributed by atoms with Gasteiger partial charge < -0.3 is 0 Å². The van der Waals surface area contributed by atoms with Gasteiger partial charge in [-0.15, -0.1) is 0 Å². The SMILES string of the molecule is CCC1=NC2(CC(C)=N2)C1.CCC1=NC2(CC(C)=N2)C1. The third-order valence-electron chi connectivity index (χ3n) is 4.40. The molecule has 20 heavy (non-hydrogen) atoms. The van der Waals surface area contributed by atoms with Gasteiger partial charge in [0, 0.05) is 48.5 Å². The van der Waals surface area contributed by atoms with Crippen molar-refractivity contribution in [2.24, 2.45) is 20.0 Å². The fraction of sp³-hybridized carbons (Fsp3) is 0.750. The summed E-state index contributed by atoms with van der Waals surface area (Å²) in [4.78, 5) is 17.7. The van der Waals surface area contributed by atoms with Gasteiger partial charge in [0.05, 0.1) is 0 Å². The summed E-state index contributed by atoms with van der Waals surface area (Å²) in [7, 11) is 0. The molecular formula is C16H24N4. The summed E-state index contributed by atoms with van der Waals surface area (Å²) in [6, 6.07) is 0. The molecule has 0 fully saturated rings. The molecule has 4 nitrogen and oxygen atoms in total. The molecule has 4 aliphatic rings. The zero-order valence-electron chi connectivity index (χ0n) is 13.0. The van der Waals surface area contributed by atoms with Gasteiger partial charge in [0.1, 0.15) is 0 Å². The standard InChI is InChI=1S/2C8H12N2/c2*1-3-7-5-8(10-7)4-6(2)9-8/h2*3-5H2,1-2H3. The number of rotatable bonds is 2. The zero-order chi connectivity index (χ0) is 14.4. The van der Waals surface area contributed by atoms with Crippen LogP contribution in [-0.4, -0.2) is 34.2 Å². The van der Waals surface area contributed by atoms with Crippen LogP contribution in [0, 0.1) is 0 Å². The molecule has 4 heterocycles. The maximum absolute atomic E-state index is 4.46. The van der Waals surface area contributed by atoms with Crippen molar-refractivity contribution < 1.29 is 0 Å². The third kappa shape index (κ3) is 2.25. The Bertz CT molecular complexity index is 505. The van der Waals surface area contributed by atoms with E-state index in [1.54, 1.807) is 0 Å². The molecule has 0 saturated heterocycles. The second kappa shape index (κ2) is 4.61. The van der Waals surface area contributed by atoms with Crippen molar-refractivity contribution >= 4 is 22.8 Å². The fourth-order valence-corrected chi connectivity index (χ4v) is 3.46. The molecule has 0 bridgehead atoms. The summed E-state index contributed by atoms with van der Waals surface area (Å²) in [6.07, 6.45) is 6.68. The second-order valence-electron chi connectivity index (χ2n) is 6.43. The summed E-state index contributed by atoms with van der Waals surface area (Å²) in [6.45, 7) is 8.46. The van der Waals surface area contributed by atoms with Crippen LogP contribution in [0.5, 0.6) is 0 Å². The van der Waals surface area contributed by atoms with Crippen LogP contribution in [-0.2, 0) is 0 Å². The predicted octanol–water partition coefficient (Wildman–Crippen LogP) is 3.60. The Morgan fingerprint density at radius 1 is 0.700 bits per heavy atom. The van der Waals surface area contributed by atoms with E-state index in [1.807, 2.05) is 0 Å². The Balaban J connectivity index is 0.000000121. The molecule has 0 amide bonds. The molecular weight excluding hydrogens is 248 g/mol. The topological polar surface area (TPSA) is 49.4 Å². The highest BCUT2D eigenvalue weighted by Gasteiger charge is 2.44. The monoisotopic (exact) mass is 272 g/mol. The highest BCUT2D eigenvalue weighted by atomic mass is 15.2. The first-order valence-corrected chi connectivity index (χ1v) is 7.74. The van der Waals surface area contributed by atoms with E-state index in [4.69, 9.17) is 0 Å². The molecule has 2 atom stereocenters. The van der Waals surface area contributed by atoms with Gasteiger partial charge in [-0.05, 0) is 26.7 Å². The van der Waals surface area contributed by atoms with Crippen molar-refractivity contribution in [2.75, 3.05) is 0 Å². The molecule has 2 unspecified atom stereocenters. The molecule has 2 spiro atoms. The number of hydrogen-bond donors (Lipinski definition) is 0. The van der Waals surface area contributed by atoms with Crippen molar-refractivity contribution in [3.8, 4) is 0 Å². The Labute approximate surface area is 121 Å². The molecule has 0 aromatic rings. The van der Waals surface area contributed by atoms with Crippen molar-refractivity contribution in [1.29, 1.82) is 0 Å². The lowest BCUT2D eigenvalue weighted by atomic mass is 9.85. The quantitative estimate of drug-likeness (QED) is 0.737. The molecule has 0 radical (unpaired) electrons. The summed E-state index contributed by atoms with van der Waals surface area (Å²) < 4.78 is 0. The van der Waals surface area contributed by atoms with E-state index in [-0.39, 0.29) is 11.3 Å². The van der Waals surface area contributed by atoms with E-state index in [0.29, 0.717) is 0 Å². The van der Waals surface area contributed by atoms with E-state index in [0.717, 1.165) is 38.5 Å². The van der Waals surface area contributed by atoms with E-state index in [1.165, 1.54) is 22.8 Å². The normalized spacial score (nSPS) is 36.2. The van der Waals surface area contributed by atoms with Crippen LogP contribution in [0.4, 0.5) is 0 Å². The zero-order valence-corrected chi connectivity index (χ0v) is 13.0. The summed E-state index contributed by atoms with van der Waals surface area (Å²) >= 11 is 0. The van der Waals surface area contributed by atoms with Crippen molar-refractivity contribution in [3.05, 3.63) is 0 Å². The van der Waals surface area contributed by atoms with Gasteiger partial charge in [0.2, 0.25) is 0 Å². The van der Waals surface area contributed by atoms with Crippen LogP contribution in [0.2, 0.25) is 0 Å². The highest BCUT2D eigenvalue weighted by molar-refractivity contribution is 5.98. The molecule has 0 aromatic carbocycles. The highest BCUT2D eigenvalue weighted by Crippen LogP contribution is 2.40. The summed E-state index contributed by atoms with van der Waals surface area (Å²) in [5, 5.41) is 0. The molecule has 108 valence electrons. The second-order valence-corrected chi connectivity index (χ2v) is 6.43. The van der Waals surface area contributed by atoms with E-state index in [2.05, 4.69) is 47.7 Å². The lowest BCUT2D eigenvalue weighted by molar-refractivity contribution is 0.396. The van der Waals surface area contributed by atoms with Gasteiger partial charge in [-0.2, -0.15) is 0 Å². The number of aliphatic imine (C=N–C) groups is 4. The Morgan fingerprint density at radius 3 is 1.20 bits per heavy atom. The van der Waals surface area contributed by atoms with Crippen molar-refractivity contribution in [1.82, 2.24) is 0 Å². The smallest absolute Gasteiger partial charge is 0.160 e. The minimum Gasteiger partial charge on any atom is -0.264 e. The van der Waals surface area contributed by atoms with Crippen LogP contribution < -0.4 is 0 Å². The van der Waals surface area contributed by atoms with E-state index >= 15 is 0 Å². The van der Waals surface area contributed by atoms with E-state index in [9.17, 15) is 0 Å². The first-order valence-electron chi connectivity index (χ1n) is 7.74. The van der Waals surface area contributed by atoms with E-state index < -0.39 is 0 Å². The number of hydrogen-bond acceptors (Lipinski definition) is 4. The van der Waals surface area contributed by atoms with Crippen LogP contribution in [0.15, 0.2) is 20.0 Å². The molecule has 0 aromatic heterocycles. The van der Waals surface area contributed by atoms with Crippen LogP contribution in [0.1, 0.15) is 66.2 Å². The molecule has 4 rings (SSSR count). The van der Waals surface area contributed by atoms with Crippen LogP contribution in [0.25, 0.3) is 0 Å². The molecule has 4 aliphatic heterocycles. The third-order valence-corrected chi connectivity index (χ3v) is 4.40. The van der Waals surface area contributed by atoms with Gasteiger partial charge in [-0.3, -0.25) is 20.0 Å². The number of nitrogens with zero attached hydrogens (tertiary/aromatic N) is 4. The average Bonchev–Trinajstić information content (AvgIpc) is 2.25. The lowest BCUT2D eigenvalue weighted by Crippen LogP contribution is -2.45. The lowest BCUT2D eigenvalue weighted by Gasteiger charge is -2.41. The first kappa shape index (κ1) is 13.7. The van der Waals surface area contributed by atoms with Gasteiger partial charge >= 0.3 is 0 Å². The van der Waals surface area contributed by atoms with Gasteiger partial charge in [0.15, 0.2) is 11.3 Å². The largest absolute Gasteiger partial charge is 0.264 e. The van der Waals surface area contributed by atoms with Gasteiger partial charge in [-0.25, -0.2) is 0 Å². The first-order chi connectivity index (χ1) is 9.48. The minimum absolute atomic E-state index is 0.0649. The minimum atomic E-state index is 0.0649. The van der Waals surface area contributed by atoms with Gasteiger partial charge in [0.25, 0.3) is 0 Å². The Kier molecular flexibility index (Phi) is 3.14. The average molecular weight is 272 g/mol. The maximum Gasteiger partial charge on any atom is 0.160 e. The van der Waals surface area contributed by atoms with Gasteiger partial charge in [-0.1, -0.05) is 13.8 Å². The van der Waals surface area contributed by atoms with Crippen molar-refractivity contribution in [2.45, 2.75) is 77.5 Å². The fourth-order valence-electron chi connectivity index (χ4n) is 3.46. The summed E-state index contributed by atoms with van der Waals surface area (Å²) in [5.41, 5.74) is 5.34. The Morgan fingerprint density at radius 2 is 1.00 bits per heavy atom. The Hall–Kier alpha value is -1.32. The molecule has 0 N–H and O–H groups in total. The molecule has 0 aliphatic carbocycles. The molecule has 0 saturated carbocycles. The van der Waals surface area contributed by atoms with Crippen LogP contribution >= 0.6 is 0 Å². The maximum atomic E-state index is 4.46. The summed E-state index contributed by atoms with van der Waals surface area (Å²) in [5.74, 6) is 0. The van der Waals surface area contributed by atoms with Crippen LogP contribution in [0.3, 0.4) is 0 Å².